The molecule has 0 saturated carbocycles. The van der Waals surface area contributed by atoms with Crippen LogP contribution in [0.5, 0.6) is 0 Å². The van der Waals surface area contributed by atoms with Crippen LogP contribution in [0.4, 0.5) is 0 Å². The second-order valence-electron chi connectivity index (χ2n) is 6.16. The van der Waals surface area contributed by atoms with Crippen LogP contribution >= 0.6 is 27.3 Å². The summed E-state index contributed by atoms with van der Waals surface area (Å²) in [7, 11) is 0. The number of thiophene rings is 1. The van der Waals surface area contributed by atoms with Crippen molar-refractivity contribution in [2.75, 3.05) is 0 Å². The van der Waals surface area contributed by atoms with Crippen molar-refractivity contribution in [1.82, 2.24) is 5.06 Å². The maximum Gasteiger partial charge on any atom is 0.281 e. The van der Waals surface area contributed by atoms with E-state index in [0.717, 1.165) is 20.7 Å². The summed E-state index contributed by atoms with van der Waals surface area (Å²) >= 11 is 4.89. The summed E-state index contributed by atoms with van der Waals surface area (Å²) < 4.78 is 0.887. The van der Waals surface area contributed by atoms with Gasteiger partial charge in [0.2, 0.25) is 5.72 Å². The molecule has 1 N–H and O–H groups in total. The predicted molar refractivity (Wildman–Crippen MR) is 108 cm³/mol. The zero-order valence-electron chi connectivity index (χ0n) is 14.2. The lowest BCUT2D eigenvalue weighted by atomic mass is 10.0. The van der Waals surface area contributed by atoms with Gasteiger partial charge in [-0.15, -0.1) is 0 Å². The maximum atomic E-state index is 13.0. The van der Waals surface area contributed by atoms with E-state index in [-0.39, 0.29) is 12.5 Å². The van der Waals surface area contributed by atoms with Crippen LogP contribution in [0.25, 0.3) is 5.57 Å². The second-order valence-corrected chi connectivity index (χ2v) is 7.86. The highest BCUT2D eigenvalue weighted by Gasteiger charge is 2.47. The highest BCUT2D eigenvalue weighted by atomic mass is 79.9. The zero-order valence-corrected chi connectivity index (χ0v) is 16.6. The molecular weight excluding hydrogens is 426 g/mol. The smallest absolute Gasteiger partial charge is 0.281 e. The Labute approximate surface area is 169 Å². The van der Waals surface area contributed by atoms with Crippen LogP contribution in [-0.4, -0.2) is 16.1 Å². The number of nitrogens with zero attached hydrogens (tertiary/aromatic N) is 1. The van der Waals surface area contributed by atoms with Gasteiger partial charge in [-0.05, 0) is 46.2 Å². The molecule has 1 amide bonds. The van der Waals surface area contributed by atoms with Crippen molar-refractivity contribution in [3.63, 3.8) is 0 Å². The van der Waals surface area contributed by atoms with Crippen molar-refractivity contribution in [3.8, 4) is 0 Å². The van der Waals surface area contributed by atoms with Crippen molar-refractivity contribution >= 4 is 38.7 Å². The molecule has 1 unspecified atom stereocenters. The summed E-state index contributed by atoms with van der Waals surface area (Å²) in [4.78, 5) is 18.9. The molecule has 1 aliphatic rings. The van der Waals surface area contributed by atoms with E-state index in [9.17, 15) is 9.90 Å². The fourth-order valence-corrected chi connectivity index (χ4v) is 3.90. The minimum absolute atomic E-state index is 0.177. The molecule has 27 heavy (non-hydrogen) atoms. The van der Waals surface area contributed by atoms with Crippen LogP contribution in [0, 0.1) is 0 Å². The van der Waals surface area contributed by atoms with Crippen LogP contribution in [0.1, 0.15) is 16.7 Å². The van der Waals surface area contributed by atoms with E-state index in [1.807, 2.05) is 59.3 Å². The number of aliphatic hydroxyl groups is 1. The molecule has 1 aromatic heterocycles. The first-order valence-corrected chi connectivity index (χ1v) is 10.1. The third-order valence-corrected chi connectivity index (χ3v) is 5.59. The third kappa shape index (κ3) is 3.49. The van der Waals surface area contributed by atoms with Crippen LogP contribution in [0.15, 0.2) is 82.0 Å². The molecule has 1 aliphatic heterocycles. The molecule has 4 rings (SSSR count). The molecule has 0 aliphatic carbocycles. The highest BCUT2D eigenvalue weighted by molar-refractivity contribution is 9.10. The monoisotopic (exact) mass is 441 g/mol. The molecule has 2 aromatic carbocycles. The van der Waals surface area contributed by atoms with Gasteiger partial charge in [-0.2, -0.15) is 16.4 Å². The van der Waals surface area contributed by atoms with Gasteiger partial charge >= 0.3 is 0 Å². The van der Waals surface area contributed by atoms with Crippen LogP contribution in [0.2, 0.25) is 0 Å². The summed E-state index contributed by atoms with van der Waals surface area (Å²) in [5.41, 5.74) is 0.981. The largest absolute Gasteiger partial charge is 0.362 e. The van der Waals surface area contributed by atoms with Crippen molar-refractivity contribution in [1.29, 1.82) is 0 Å². The first-order chi connectivity index (χ1) is 13.1. The van der Waals surface area contributed by atoms with Gasteiger partial charge in [0, 0.05) is 10.0 Å². The lowest BCUT2D eigenvalue weighted by molar-refractivity contribution is -0.262. The van der Waals surface area contributed by atoms with Gasteiger partial charge in [0.25, 0.3) is 5.91 Å². The Bertz CT molecular complexity index is 970. The first-order valence-electron chi connectivity index (χ1n) is 8.33. The molecule has 0 bridgehead atoms. The lowest BCUT2D eigenvalue weighted by Crippen LogP contribution is -2.43. The number of rotatable bonds is 5. The van der Waals surface area contributed by atoms with Crippen molar-refractivity contribution < 1.29 is 14.7 Å². The molecule has 0 radical (unpaired) electrons. The van der Waals surface area contributed by atoms with Crippen LogP contribution in [-0.2, 0) is 22.0 Å². The van der Waals surface area contributed by atoms with Crippen LogP contribution < -0.4 is 0 Å². The van der Waals surface area contributed by atoms with Gasteiger partial charge in [-0.1, -0.05) is 58.4 Å². The molecule has 6 heteroatoms. The molecule has 0 spiro atoms. The average molecular weight is 442 g/mol. The topological polar surface area (TPSA) is 49.8 Å². The molecule has 3 aromatic rings. The number of hydrogen-bond acceptors (Lipinski definition) is 4. The van der Waals surface area contributed by atoms with Gasteiger partial charge in [0.1, 0.15) is 6.61 Å². The Morgan fingerprint density at radius 1 is 1.07 bits per heavy atom. The van der Waals surface area contributed by atoms with Crippen molar-refractivity contribution in [2.45, 2.75) is 12.3 Å². The summed E-state index contributed by atoms with van der Waals surface area (Å²) in [5.74, 6) is -0.366. The summed E-state index contributed by atoms with van der Waals surface area (Å²) in [5, 5.41) is 16.3. The number of carbonyl (C=O) groups excluding carboxylic acids is 1. The quantitative estimate of drug-likeness (QED) is 0.623. The van der Waals surface area contributed by atoms with E-state index in [1.165, 1.54) is 11.3 Å². The van der Waals surface area contributed by atoms with Gasteiger partial charge in [-0.3, -0.25) is 9.63 Å². The summed E-state index contributed by atoms with van der Waals surface area (Å²) in [6, 6.07) is 18.6. The fourth-order valence-electron chi connectivity index (χ4n) is 2.98. The van der Waals surface area contributed by atoms with E-state index in [1.54, 1.807) is 18.2 Å². The Balaban J connectivity index is 1.70. The molecule has 4 nitrogen and oxygen atoms in total. The van der Waals surface area contributed by atoms with E-state index < -0.39 is 5.72 Å². The van der Waals surface area contributed by atoms with Gasteiger partial charge in [0.05, 0.1) is 5.57 Å². The maximum absolute atomic E-state index is 13.0. The Morgan fingerprint density at radius 3 is 2.48 bits per heavy atom. The molecule has 0 saturated heterocycles. The SMILES string of the molecule is O=C1C(c2ccsc2)=CC(O)(c2ccc(Br)cc2)N1OCc1ccccc1. The minimum atomic E-state index is -1.68. The van der Waals surface area contributed by atoms with Crippen molar-refractivity contribution in [2.24, 2.45) is 0 Å². The van der Waals surface area contributed by atoms with Crippen LogP contribution in [0.3, 0.4) is 0 Å². The van der Waals surface area contributed by atoms with Gasteiger partial charge in [0.15, 0.2) is 0 Å². The number of hydroxylamine groups is 2. The second kappa shape index (κ2) is 7.40. The Hall–Kier alpha value is -2.25. The minimum Gasteiger partial charge on any atom is -0.362 e. The number of halogens is 1. The standard InChI is InChI=1S/C21H16BrNO3S/c22-18-8-6-17(7-9-18)21(25)12-19(16-10-11-27-14-16)20(24)23(21)26-13-15-4-2-1-3-5-15/h1-12,14,25H,13H2. The Kier molecular flexibility index (Phi) is 4.97. The number of amides is 1. The first kappa shape index (κ1) is 18.1. The average Bonchev–Trinajstić information content (AvgIpc) is 3.29. The molecule has 136 valence electrons. The predicted octanol–water partition coefficient (Wildman–Crippen LogP) is 4.71. The van der Waals surface area contributed by atoms with E-state index >= 15 is 0 Å². The molecule has 2 heterocycles. The van der Waals surface area contributed by atoms with E-state index in [0.29, 0.717) is 11.1 Å². The molecule has 0 fully saturated rings. The van der Waals surface area contributed by atoms with E-state index in [4.69, 9.17) is 4.84 Å². The number of hydrogen-bond donors (Lipinski definition) is 1. The Morgan fingerprint density at radius 2 is 1.81 bits per heavy atom. The zero-order chi connectivity index (χ0) is 18.9. The van der Waals surface area contributed by atoms with Gasteiger partial charge in [-0.25, -0.2) is 0 Å². The van der Waals surface area contributed by atoms with Gasteiger partial charge < -0.3 is 5.11 Å². The lowest BCUT2D eigenvalue weighted by Gasteiger charge is -2.32. The van der Waals surface area contributed by atoms with E-state index in [2.05, 4.69) is 15.9 Å². The summed E-state index contributed by atoms with van der Waals surface area (Å²) in [6.45, 7) is 0.177. The number of benzene rings is 2. The summed E-state index contributed by atoms with van der Waals surface area (Å²) in [6.07, 6.45) is 1.56. The van der Waals surface area contributed by atoms with Crippen molar-refractivity contribution in [3.05, 3.63) is 98.7 Å². The third-order valence-electron chi connectivity index (χ3n) is 4.37. The number of carbonyl (C=O) groups is 1. The highest BCUT2D eigenvalue weighted by Crippen LogP contribution is 2.40. The molecule has 1 atom stereocenters. The normalized spacial score (nSPS) is 19.4. The molecular formula is C21H16BrNO3S. The fraction of sp³-hybridized carbons (Fsp3) is 0.0952.